The first-order valence-corrected chi connectivity index (χ1v) is 30.9. The minimum atomic E-state index is -4.45. The molecular formula is C62H112N2O7P+. The lowest BCUT2D eigenvalue weighted by atomic mass is 10.1. The van der Waals surface area contributed by atoms with Crippen LogP contribution in [0.5, 0.6) is 0 Å². The minimum Gasteiger partial charge on any atom is -0.456 e. The summed E-state index contributed by atoms with van der Waals surface area (Å²) in [6.07, 6.45) is 67.2. The smallest absolute Gasteiger partial charge is 0.456 e. The van der Waals surface area contributed by atoms with Crippen LogP contribution in [0.3, 0.4) is 0 Å². The van der Waals surface area contributed by atoms with Crippen LogP contribution in [0.15, 0.2) is 85.1 Å². The van der Waals surface area contributed by atoms with Gasteiger partial charge in [0.25, 0.3) is 0 Å². The van der Waals surface area contributed by atoms with Gasteiger partial charge < -0.3 is 19.4 Å². The van der Waals surface area contributed by atoms with Crippen molar-refractivity contribution in [3.05, 3.63) is 85.1 Å². The van der Waals surface area contributed by atoms with Gasteiger partial charge in [-0.2, -0.15) is 0 Å². The zero-order chi connectivity index (χ0) is 52.9. The van der Waals surface area contributed by atoms with Crippen molar-refractivity contribution in [2.24, 2.45) is 0 Å². The number of rotatable bonds is 52. The number of ether oxygens (including phenoxy) is 1. The standard InChI is InChI=1S/C62H111N2O7P/c1-7-10-13-16-19-22-25-27-29-31-32-33-35-37-40-43-46-49-52-55-62(66)71-60(53-50-47-44-41-38-24-21-18-15-12-9-3)59(58-70-72(67,68)69-57-56-64(4,5)6)63-61(65)54-51-48-45-42-39-36-34-30-28-26-23-20-17-14-11-8-2/h11,14,19-20,22-23,27-30,32-33,50,53,59-60H,7-10,12-13,15-18,21,24-26,31,34-49,51-52,54-58H2,1-6H3,(H-,63,65,67,68)/p+1/b14-11+,22-19-,23-20+,29-27-,30-28+,33-32-,53-50+. The summed E-state index contributed by atoms with van der Waals surface area (Å²) in [5.41, 5.74) is 0. The molecule has 0 aliphatic rings. The van der Waals surface area contributed by atoms with Gasteiger partial charge in [-0.25, -0.2) is 4.57 Å². The average Bonchev–Trinajstić information content (AvgIpc) is 3.34. The van der Waals surface area contributed by atoms with Gasteiger partial charge in [-0.3, -0.25) is 18.6 Å². The quantitative estimate of drug-likeness (QED) is 0.0205. The van der Waals surface area contributed by atoms with E-state index < -0.39 is 20.0 Å². The van der Waals surface area contributed by atoms with Gasteiger partial charge in [0, 0.05) is 12.8 Å². The topological polar surface area (TPSA) is 111 Å². The molecule has 0 saturated carbocycles. The number of carbonyl (C=O) groups excluding carboxylic acids is 2. The Bertz CT molecular complexity index is 1510. The summed E-state index contributed by atoms with van der Waals surface area (Å²) in [7, 11) is 1.47. The first-order valence-electron chi connectivity index (χ1n) is 29.4. The maximum Gasteiger partial charge on any atom is 0.472 e. The lowest BCUT2D eigenvalue weighted by Gasteiger charge is -2.27. The number of hydrogen-bond acceptors (Lipinski definition) is 6. The zero-order valence-electron chi connectivity index (χ0n) is 47.4. The van der Waals surface area contributed by atoms with E-state index in [1.807, 2.05) is 33.3 Å². The van der Waals surface area contributed by atoms with Gasteiger partial charge in [-0.05, 0) is 102 Å². The first-order chi connectivity index (χ1) is 34.9. The summed E-state index contributed by atoms with van der Waals surface area (Å²) in [4.78, 5) is 37.6. The van der Waals surface area contributed by atoms with E-state index in [1.54, 1.807) is 0 Å². The average molecular weight is 1030 g/mol. The highest BCUT2D eigenvalue weighted by molar-refractivity contribution is 7.47. The fourth-order valence-corrected chi connectivity index (χ4v) is 8.75. The number of unbranched alkanes of at least 4 members (excludes halogenated alkanes) is 24. The maximum atomic E-state index is 13.5. The molecule has 0 bridgehead atoms. The van der Waals surface area contributed by atoms with E-state index in [9.17, 15) is 19.0 Å². The molecule has 0 spiro atoms. The van der Waals surface area contributed by atoms with E-state index in [4.69, 9.17) is 13.8 Å². The molecule has 0 aliphatic heterocycles. The van der Waals surface area contributed by atoms with Crippen molar-refractivity contribution in [2.45, 2.75) is 258 Å². The predicted molar refractivity (Wildman–Crippen MR) is 309 cm³/mol. The normalized spacial score (nSPS) is 14.4. The van der Waals surface area contributed by atoms with E-state index in [0.717, 1.165) is 122 Å². The number of amides is 1. The second-order valence-electron chi connectivity index (χ2n) is 20.8. The molecule has 3 unspecified atom stereocenters. The summed E-state index contributed by atoms with van der Waals surface area (Å²) < 4.78 is 30.6. The molecule has 0 aromatic rings. The van der Waals surface area contributed by atoms with E-state index in [2.05, 4.69) is 99.0 Å². The second kappa shape index (κ2) is 51.7. The minimum absolute atomic E-state index is 0.0315. The molecule has 2 N–H and O–H groups in total. The molecule has 416 valence electrons. The molecule has 72 heavy (non-hydrogen) atoms. The van der Waals surface area contributed by atoms with Crippen molar-refractivity contribution in [1.29, 1.82) is 0 Å². The Labute approximate surface area is 444 Å². The molecule has 0 aliphatic carbocycles. The van der Waals surface area contributed by atoms with Crippen LogP contribution in [0.4, 0.5) is 0 Å². The van der Waals surface area contributed by atoms with Crippen molar-refractivity contribution in [2.75, 3.05) is 40.9 Å². The molecule has 0 heterocycles. The fraction of sp³-hybridized carbons (Fsp3) is 0.742. The van der Waals surface area contributed by atoms with Gasteiger partial charge in [0.2, 0.25) is 5.91 Å². The number of nitrogens with zero attached hydrogens (tertiary/aromatic N) is 1. The van der Waals surface area contributed by atoms with Crippen molar-refractivity contribution < 1.29 is 37.3 Å². The van der Waals surface area contributed by atoms with Crippen molar-refractivity contribution in [1.82, 2.24) is 5.32 Å². The summed E-state index contributed by atoms with van der Waals surface area (Å²) >= 11 is 0. The van der Waals surface area contributed by atoms with Crippen LogP contribution in [0, 0.1) is 0 Å². The van der Waals surface area contributed by atoms with Crippen molar-refractivity contribution >= 4 is 19.7 Å². The summed E-state index contributed by atoms with van der Waals surface area (Å²) in [5, 5.41) is 3.04. The van der Waals surface area contributed by atoms with Gasteiger partial charge in [-0.1, -0.05) is 215 Å². The van der Waals surface area contributed by atoms with E-state index in [0.29, 0.717) is 17.4 Å². The number of likely N-dealkylation sites (N-methyl/N-ethyl adjacent to an activating group) is 1. The van der Waals surface area contributed by atoms with Crippen LogP contribution in [0.2, 0.25) is 0 Å². The number of esters is 1. The van der Waals surface area contributed by atoms with Gasteiger partial charge in [-0.15, -0.1) is 0 Å². The molecule has 0 saturated heterocycles. The number of nitrogens with one attached hydrogen (secondary N) is 1. The maximum absolute atomic E-state index is 13.5. The van der Waals surface area contributed by atoms with Gasteiger partial charge in [0.15, 0.2) is 0 Å². The summed E-state index contributed by atoms with van der Waals surface area (Å²) in [6, 6.07) is -0.864. The lowest BCUT2D eigenvalue weighted by molar-refractivity contribution is -0.870. The second-order valence-corrected chi connectivity index (χ2v) is 22.2. The lowest BCUT2D eigenvalue weighted by Crippen LogP contribution is -2.47. The Kier molecular flexibility index (Phi) is 49.6. The number of allylic oxidation sites excluding steroid dienone is 13. The monoisotopic (exact) mass is 1030 g/mol. The molecule has 0 aromatic heterocycles. The van der Waals surface area contributed by atoms with Crippen LogP contribution < -0.4 is 5.32 Å². The largest absolute Gasteiger partial charge is 0.472 e. The molecular weight excluding hydrogens is 916 g/mol. The van der Waals surface area contributed by atoms with E-state index in [1.165, 1.54) is 89.9 Å². The van der Waals surface area contributed by atoms with Gasteiger partial charge >= 0.3 is 13.8 Å². The molecule has 0 rings (SSSR count). The third-order valence-corrected chi connectivity index (χ3v) is 13.6. The highest BCUT2D eigenvalue weighted by Crippen LogP contribution is 2.43. The van der Waals surface area contributed by atoms with Crippen LogP contribution in [0.1, 0.15) is 245 Å². The number of carbonyl (C=O) groups is 2. The number of hydrogen-bond donors (Lipinski definition) is 2. The molecule has 0 aromatic carbocycles. The Morgan fingerprint density at radius 1 is 0.500 bits per heavy atom. The highest BCUT2D eigenvalue weighted by atomic mass is 31.2. The number of phosphoric ester groups is 1. The first kappa shape index (κ1) is 69.2. The summed E-state index contributed by atoms with van der Waals surface area (Å²) in [5.74, 6) is -0.539. The summed E-state index contributed by atoms with van der Waals surface area (Å²) in [6.45, 7) is 6.84. The fourth-order valence-electron chi connectivity index (χ4n) is 8.02. The molecule has 10 heteroatoms. The molecule has 0 fully saturated rings. The van der Waals surface area contributed by atoms with E-state index in [-0.39, 0.29) is 31.5 Å². The molecule has 3 atom stereocenters. The third-order valence-electron chi connectivity index (χ3n) is 12.6. The Morgan fingerprint density at radius 2 is 0.889 bits per heavy atom. The molecule has 9 nitrogen and oxygen atoms in total. The molecule has 1 amide bonds. The Hall–Kier alpha value is -2.81. The number of quaternary nitrogens is 1. The van der Waals surface area contributed by atoms with E-state index >= 15 is 0 Å². The number of phosphoric acid groups is 1. The van der Waals surface area contributed by atoms with Crippen molar-refractivity contribution in [3.63, 3.8) is 0 Å². The van der Waals surface area contributed by atoms with Crippen LogP contribution in [0.25, 0.3) is 0 Å². The molecule has 0 radical (unpaired) electrons. The zero-order valence-corrected chi connectivity index (χ0v) is 48.3. The highest BCUT2D eigenvalue weighted by Gasteiger charge is 2.30. The van der Waals surface area contributed by atoms with Gasteiger partial charge in [0.05, 0.1) is 33.8 Å². The van der Waals surface area contributed by atoms with Crippen LogP contribution in [-0.4, -0.2) is 74.3 Å². The Balaban J connectivity index is 5.33. The van der Waals surface area contributed by atoms with Crippen LogP contribution in [-0.2, 0) is 27.9 Å². The SMILES string of the molecule is CC/C=C/C/C=C/C/C=C/CCCCCCCCC(=O)NC(COP(=O)(O)OCC[N+](C)(C)C)C(/C=C/CCCCCCCCCCC)OC(=O)CCCCCCCC/C=C\C/C=C\C/C=C\CCCCC. The van der Waals surface area contributed by atoms with Gasteiger partial charge in [0.1, 0.15) is 19.3 Å². The third kappa shape index (κ3) is 52.1. The predicted octanol–water partition coefficient (Wildman–Crippen LogP) is 17.8. The Morgan fingerprint density at radius 3 is 1.36 bits per heavy atom. The van der Waals surface area contributed by atoms with Crippen LogP contribution >= 0.6 is 7.82 Å². The van der Waals surface area contributed by atoms with Crippen molar-refractivity contribution in [3.8, 4) is 0 Å².